The number of hydrogen-bond acceptors (Lipinski definition) is 8. The Balaban J connectivity index is 2.10. The van der Waals surface area contributed by atoms with Crippen LogP contribution in [-0.2, 0) is 30.4 Å². The Bertz CT molecular complexity index is 1120. The number of para-hydroxylation sites is 1. The van der Waals surface area contributed by atoms with Gasteiger partial charge in [-0.05, 0) is 30.1 Å². The minimum absolute atomic E-state index is 0.00886. The van der Waals surface area contributed by atoms with Crippen LogP contribution >= 0.6 is 11.8 Å². The predicted octanol–water partition coefficient (Wildman–Crippen LogP) is -1.20. The number of rotatable bonds is 15. The van der Waals surface area contributed by atoms with Gasteiger partial charge in [-0.3, -0.25) is 19.2 Å². The molecule has 14 heteroatoms. The van der Waals surface area contributed by atoms with E-state index in [0.717, 1.165) is 10.9 Å². The molecule has 0 saturated heterocycles. The van der Waals surface area contributed by atoms with Crippen LogP contribution in [0.2, 0.25) is 0 Å². The van der Waals surface area contributed by atoms with Crippen LogP contribution in [0, 0.1) is 0 Å². The number of nitrogens with one attached hydrogen (secondary N) is 4. The van der Waals surface area contributed by atoms with E-state index in [4.69, 9.17) is 10.8 Å². The third-order valence-corrected chi connectivity index (χ3v) is 6.15. The summed E-state index contributed by atoms with van der Waals surface area (Å²) in [5.74, 6) is -4.77. The van der Waals surface area contributed by atoms with Crippen molar-refractivity contribution in [3.63, 3.8) is 0 Å². The molecule has 1 aromatic heterocycles. The number of hydrogen-bond donors (Lipinski definition) is 8. The second kappa shape index (κ2) is 14.2. The Labute approximate surface area is 216 Å². The first-order valence-corrected chi connectivity index (χ1v) is 12.7. The van der Waals surface area contributed by atoms with Gasteiger partial charge < -0.3 is 42.0 Å². The standard InChI is InChI=1S/C23H31N5O8S/c1-37-7-6-16(26-22(34)18(11-29)28-20(32)14(24)9-19(30)31)21(33)27-17(23(35)36)8-12-10-25-15-5-3-2-4-13(12)15/h2-5,10,14,16-18,25,29H,6-9,11,24H2,1H3,(H,26,34)(H,27,33)(H,28,32)(H,30,31)(H,35,36). The lowest BCUT2D eigenvalue weighted by molar-refractivity contribution is -0.142. The predicted molar refractivity (Wildman–Crippen MR) is 136 cm³/mol. The van der Waals surface area contributed by atoms with Gasteiger partial charge >= 0.3 is 11.9 Å². The average Bonchev–Trinajstić information content (AvgIpc) is 3.26. The zero-order chi connectivity index (χ0) is 27.5. The van der Waals surface area contributed by atoms with E-state index < -0.39 is 66.9 Å². The van der Waals surface area contributed by atoms with E-state index in [1.807, 2.05) is 24.3 Å². The smallest absolute Gasteiger partial charge is 0.326 e. The van der Waals surface area contributed by atoms with E-state index >= 15 is 0 Å². The van der Waals surface area contributed by atoms with E-state index in [-0.39, 0.29) is 12.8 Å². The molecule has 1 aromatic carbocycles. The number of carboxylic acids is 2. The van der Waals surface area contributed by atoms with Crippen molar-refractivity contribution >= 4 is 52.3 Å². The van der Waals surface area contributed by atoms with Crippen LogP contribution in [0.25, 0.3) is 10.9 Å². The molecule has 4 unspecified atom stereocenters. The fourth-order valence-electron chi connectivity index (χ4n) is 3.52. The summed E-state index contributed by atoms with van der Waals surface area (Å²) in [6.45, 7) is -0.841. The fourth-order valence-corrected chi connectivity index (χ4v) is 3.99. The summed E-state index contributed by atoms with van der Waals surface area (Å²) in [6, 6.07) is 1.91. The number of aliphatic hydroxyl groups excluding tert-OH is 1. The summed E-state index contributed by atoms with van der Waals surface area (Å²) in [7, 11) is 0. The minimum atomic E-state index is -1.50. The van der Waals surface area contributed by atoms with E-state index in [2.05, 4.69) is 20.9 Å². The molecule has 0 radical (unpaired) electrons. The zero-order valence-corrected chi connectivity index (χ0v) is 20.9. The second-order valence-electron chi connectivity index (χ2n) is 8.25. The van der Waals surface area contributed by atoms with Crippen molar-refractivity contribution < 1.29 is 39.3 Å². The lowest BCUT2D eigenvalue weighted by Crippen LogP contribution is -2.58. The number of carboxylic acid groups (broad SMARTS) is 2. The molecule has 2 rings (SSSR count). The Morgan fingerprint density at radius 1 is 0.973 bits per heavy atom. The number of fused-ring (bicyclic) bond motifs is 1. The molecular weight excluding hydrogens is 506 g/mol. The first-order valence-electron chi connectivity index (χ1n) is 11.3. The van der Waals surface area contributed by atoms with Crippen LogP contribution in [0.4, 0.5) is 0 Å². The van der Waals surface area contributed by atoms with Crippen LogP contribution in [0.15, 0.2) is 30.5 Å². The number of benzene rings is 1. The maximum atomic E-state index is 13.0. The van der Waals surface area contributed by atoms with E-state index in [0.29, 0.717) is 11.3 Å². The van der Waals surface area contributed by atoms with Gasteiger partial charge in [-0.25, -0.2) is 4.79 Å². The summed E-state index contributed by atoms with van der Waals surface area (Å²) in [4.78, 5) is 63.5. The van der Waals surface area contributed by atoms with Gasteiger partial charge in [0.05, 0.1) is 19.1 Å². The molecule has 2 aromatic rings. The molecule has 0 fully saturated rings. The highest BCUT2D eigenvalue weighted by atomic mass is 32.2. The molecular formula is C23H31N5O8S. The Morgan fingerprint density at radius 3 is 2.22 bits per heavy atom. The van der Waals surface area contributed by atoms with Gasteiger partial charge in [0.15, 0.2) is 0 Å². The van der Waals surface area contributed by atoms with E-state index in [1.54, 1.807) is 12.5 Å². The molecule has 0 saturated carbocycles. The molecule has 0 aliphatic carbocycles. The van der Waals surface area contributed by atoms with Crippen molar-refractivity contribution in [2.24, 2.45) is 5.73 Å². The molecule has 0 aliphatic rings. The monoisotopic (exact) mass is 537 g/mol. The van der Waals surface area contributed by atoms with E-state index in [9.17, 15) is 34.2 Å². The van der Waals surface area contributed by atoms with Crippen LogP contribution in [0.1, 0.15) is 18.4 Å². The number of H-pyrrole nitrogens is 1. The van der Waals surface area contributed by atoms with Gasteiger partial charge in [-0.1, -0.05) is 18.2 Å². The highest BCUT2D eigenvalue weighted by molar-refractivity contribution is 7.98. The number of nitrogens with two attached hydrogens (primary N) is 1. The van der Waals surface area contributed by atoms with Crippen molar-refractivity contribution in [2.75, 3.05) is 18.6 Å². The lowest BCUT2D eigenvalue weighted by atomic mass is 10.0. The SMILES string of the molecule is CSCCC(NC(=O)C(CO)NC(=O)C(N)CC(=O)O)C(=O)NC(Cc1c[nH]c2ccccc12)C(=O)O. The summed E-state index contributed by atoms with van der Waals surface area (Å²) in [5, 5.41) is 35.9. The molecule has 9 N–H and O–H groups in total. The van der Waals surface area contributed by atoms with Crippen molar-refractivity contribution in [3.8, 4) is 0 Å². The number of aromatic nitrogens is 1. The maximum Gasteiger partial charge on any atom is 0.326 e. The Hall–Kier alpha value is -3.62. The van der Waals surface area contributed by atoms with Crippen LogP contribution in [0.3, 0.4) is 0 Å². The lowest BCUT2D eigenvalue weighted by Gasteiger charge is -2.24. The maximum absolute atomic E-state index is 13.0. The summed E-state index contributed by atoms with van der Waals surface area (Å²) >= 11 is 1.40. The first-order chi connectivity index (χ1) is 17.6. The first kappa shape index (κ1) is 29.6. The molecule has 37 heavy (non-hydrogen) atoms. The van der Waals surface area contributed by atoms with Gasteiger partial charge in [-0.2, -0.15) is 11.8 Å². The summed E-state index contributed by atoms with van der Waals surface area (Å²) < 4.78 is 0. The van der Waals surface area contributed by atoms with Gasteiger partial charge in [0, 0.05) is 23.5 Å². The third kappa shape index (κ3) is 8.77. The minimum Gasteiger partial charge on any atom is -0.481 e. The second-order valence-corrected chi connectivity index (χ2v) is 9.24. The summed E-state index contributed by atoms with van der Waals surface area (Å²) in [5.41, 5.74) is 6.99. The van der Waals surface area contributed by atoms with Crippen molar-refractivity contribution in [2.45, 2.75) is 43.4 Å². The Morgan fingerprint density at radius 2 is 1.59 bits per heavy atom. The molecule has 13 nitrogen and oxygen atoms in total. The van der Waals surface area contributed by atoms with Gasteiger partial charge in [-0.15, -0.1) is 0 Å². The highest BCUT2D eigenvalue weighted by Crippen LogP contribution is 2.19. The number of carbonyl (C=O) groups is 5. The number of carbonyl (C=O) groups excluding carboxylic acids is 3. The largest absolute Gasteiger partial charge is 0.481 e. The van der Waals surface area contributed by atoms with Crippen LogP contribution in [-0.4, -0.2) is 92.7 Å². The average molecular weight is 538 g/mol. The fraction of sp³-hybridized carbons (Fsp3) is 0.435. The zero-order valence-electron chi connectivity index (χ0n) is 20.1. The number of aromatic amines is 1. The number of aliphatic hydroxyl groups is 1. The molecule has 3 amide bonds. The molecule has 0 bridgehead atoms. The molecule has 0 spiro atoms. The van der Waals surface area contributed by atoms with Gasteiger partial charge in [0.25, 0.3) is 0 Å². The van der Waals surface area contributed by atoms with Gasteiger partial charge in [0.2, 0.25) is 17.7 Å². The van der Waals surface area contributed by atoms with E-state index in [1.165, 1.54) is 11.8 Å². The number of amides is 3. The number of aliphatic carboxylic acids is 2. The molecule has 4 atom stereocenters. The molecule has 0 aliphatic heterocycles. The topological polar surface area (TPSA) is 224 Å². The van der Waals surface area contributed by atoms with Gasteiger partial charge in [0.1, 0.15) is 18.1 Å². The quantitative estimate of drug-likeness (QED) is 0.135. The normalized spacial score (nSPS) is 14.2. The number of thioether (sulfide) groups is 1. The van der Waals surface area contributed by atoms with Crippen molar-refractivity contribution in [3.05, 3.63) is 36.0 Å². The molecule has 202 valence electrons. The van der Waals surface area contributed by atoms with Crippen LogP contribution < -0.4 is 21.7 Å². The van der Waals surface area contributed by atoms with Crippen molar-refractivity contribution in [1.82, 2.24) is 20.9 Å². The Kier molecular flexibility index (Phi) is 11.4. The summed E-state index contributed by atoms with van der Waals surface area (Å²) in [6.07, 6.45) is 2.91. The molecule has 1 heterocycles. The van der Waals surface area contributed by atoms with Crippen LogP contribution in [0.5, 0.6) is 0 Å². The third-order valence-electron chi connectivity index (χ3n) is 5.50. The van der Waals surface area contributed by atoms with Crippen molar-refractivity contribution in [1.29, 1.82) is 0 Å². The highest BCUT2D eigenvalue weighted by Gasteiger charge is 2.30.